The largest absolute Gasteiger partial charge is 0.310 e. The second-order valence-corrected chi connectivity index (χ2v) is 6.44. The van der Waals surface area contributed by atoms with Crippen molar-refractivity contribution in [3.05, 3.63) is 35.6 Å². The number of nitrogens with zero attached hydrogens (tertiary/aromatic N) is 1. The third-order valence-electron chi connectivity index (χ3n) is 5.09. The normalized spacial score (nSPS) is 24.7. The topological polar surface area (TPSA) is 15.3 Å². The molecule has 20 heavy (non-hydrogen) atoms. The summed E-state index contributed by atoms with van der Waals surface area (Å²) >= 11 is 0. The van der Waals surface area contributed by atoms with Crippen molar-refractivity contribution in [3.8, 4) is 0 Å². The molecule has 1 aromatic carbocycles. The molecule has 0 amide bonds. The lowest BCUT2D eigenvalue weighted by atomic mass is 9.95. The Kier molecular flexibility index (Phi) is 4.08. The highest BCUT2D eigenvalue weighted by Crippen LogP contribution is 2.34. The van der Waals surface area contributed by atoms with Crippen molar-refractivity contribution < 1.29 is 4.39 Å². The number of halogens is 1. The fourth-order valence-electron chi connectivity index (χ4n) is 3.89. The van der Waals surface area contributed by atoms with E-state index in [1.54, 1.807) is 12.1 Å². The molecular formula is C17H25FN2. The lowest BCUT2D eigenvalue weighted by molar-refractivity contribution is 0.163. The predicted octanol–water partition coefficient (Wildman–Crippen LogP) is 3.49. The molecule has 1 saturated heterocycles. The van der Waals surface area contributed by atoms with Crippen LogP contribution in [0.5, 0.6) is 0 Å². The van der Waals surface area contributed by atoms with Gasteiger partial charge < -0.3 is 5.32 Å². The third-order valence-corrected chi connectivity index (χ3v) is 5.09. The van der Waals surface area contributed by atoms with Crippen LogP contribution in [-0.4, -0.2) is 30.1 Å². The molecule has 2 aliphatic rings. The first-order chi connectivity index (χ1) is 9.70. The molecular weight excluding hydrogens is 251 g/mol. The van der Waals surface area contributed by atoms with Gasteiger partial charge in [-0.15, -0.1) is 0 Å². The first-order valence-electron chi connectivity index (χ1n) is 7.94. The van der Waals surface area contributed by atoms with Gasteiger partial charge in [0.1, 0.15) is 5.82 Å². The Balaban J connectivity index is 1.79. The average Bonchev–Trinajstić information content (AvgIpc) is 2.79. The smallest absolute Gasteiger partial charge is 0.127 e. The Hall–Kier alpha value is -0.930. The van der Waals surface area contributed by atoms with E-state index in [0.29, 0.717) is 0 Å². The van der Waals surface area contributed by atoms with E-state index >= 15 is 0 Å². The summed E-state index contributed by atoms with van der Waals surface area (Å²) in [5.41, 5.74) is 1.12. The number of benzene rings is 1. The molecule has 3 rings (SSSR count). The Labute approximate surface area is 121 Å². The molecule has 1 unspecified atom stereocenters. The first-order valence-corrected chi connectivity index (χ1v) is 7.94. The highest BCUT2D eigenvalue weighted by Gasteiger charge is 2.37. The molecule has 1 atom stereocenters. The van der Waals surface area contributed by atoms with Crippen molar-refractivity contribution in [2.75, 3.05) is 19.6 Å². The van der Waals surface area contributed by atoms with E-state index in [9.17, 15) is 4.39 Å². The number of hydrogen-bond donors (Lipinski definition) is 1. The van der Waals surface area contributed by atoms with E-state index in [4.69, 9.17) is 0 Å². The van der Waals surface area contributed by atoms with Crippen molar-refractivity contribution in [3.63, 3.8) is 0 Å². The minimum absolute atomic E-state index is 0.0716. The van der Waals surface area contributed by atoms with E-state index in [1.165, 1.54) is 25.7 Å². The molecule has 1 spiro atoms. The molecule has 1 aromatic rings. The Bertz CT molecular complexity index is 454. The molecule has 0 aromatic heterocycles. The highest BCUT2D eigenvalue weighted by atomic mass is 19.1. The molecule has 2 nitrogen and oxygen atoms in total. The molecule has 1 aliphatic carbocycles. The Morgan fingerprint density at radius 2 is 1.95 bits per heavy atom. The van der Waals surface area contributed by atoms with Gasteiger partial charge in [0.25, 0.3) is 0 Å². The maximum atomic E-state index is 14.0. The quantitative estimate of drug-likeness (QED) is 0.889. The van der Waals surface area contributed by atoms with Gasteiger partial charge in [0.2, 0.25) is 0 Å². The van der Waals surface area contributed by atoms with Crippen LogP contribution < -0.4 is 5.32 Å². The highest BCUT2D eigenvalue weighted by molar-refractivity contribution is 5.21. The summed E-state index contributed by atoms with van der Waals surface area (Å²) in [4.78, 5) is 2.48. The standard InChI is InChI=1S/C17H25FN2/c1-14(15-7-2-3-8-16(15)18)20-12-6-11-19-17(13-20)9-4-5-10-17/h2-3,7-8,14,19H,4-6,9-13H2,1H3. The van der Waals surface area contributed by atoms with E-state index < -0.39 is 0 Å². The summed E-state index contributed by atoms with van der Waals surface area (Å²) < 4.78 is 14.0. The zero-order chi connectivity index (χ0) is 14.0. The fourth-order valence-corrected chi connectivity index (χ4v) is 3.89. The van der Waals surface area contributed by atoms with Crippen LogP contribution in [0.25, 0.3) is 0 Å². The number of nitrogens with one attached hydrogen (secondary N) is 1. The molecule has 1 N–H and O–H groups in total. The van der Waals surface area contributed by atoms with Crippen LogP contribution in [0.15, 0.2) is 24.3 Å². The van der Waals surface area contributed by atoms with E-state index in [0.717, 1.165) is 31.6 Å². The van der Waals surface area contributed by atoms with Crippen LogP contribution >= 0.6 is 0 Å². The maximum absolute atomic E-state index is 14.0. The van der Waals surface area contributed by atoms with Crippen molar-refractivity contribution in [2.24, 2.45) is 0 Å². The lowest BCUT2D eigenvalue weighted by Gasteiger charge is -2.36. The molecule has 110 valence electrons. The zero-order valence-electron chi connectivity index (χ0n) is 12.4. The summed E-state index contributed by atoms with van der Waals surface area (Å²) in [7, 11) is 0. The SMILES string of the molecule is CC(c1ccccc1F)N1CCCNC2(CCCC2)C1. The predicted molar refractivity (Wildman–Crippen MR) is 80.2 cm³/mol. The van der Waals surface area contributed by atoms with Gasteiger partial charge in [0.05, 0.1) is 0 Å². The van der Waals surface area contributed by atoms with Gasteiger partial charge in [-0.3, -0.25) is 4.90 Å². The van der Waals surface area contributed by atoms with Crippen LogP contribution in [0.1, 0.15) is 50.6 Å². The Morgan fingerprint density at radius 1 is 1.20 bits per heavy atom. The monoisotopic (exact) mass is 276 g/mol. The average molecular weight is 276 g/mol. The van der Waals surface area contributed by atoms with Crippen molar-refractivity contribution >= 4 is 0 Å². The lowest BCUT2D eigenvalue weighted by Crippen LogP contribution is -2.49. The van der Waals surface area contributed by atoms with Crippen LogP contribution in [-0.2, 0) is 0 Å². The first kappa shape index (κ1) is 14.0. The minimum Gasteiger partial charge on any atom is -0.310 e. The van der Waals surface area contributed by atoms with E-state index in [1.807, 2.05) is 12.1 Å². The van der Waals surface area contributed by atoms with Crippen LogP contribution in [0.2, 0.25) is 0 Å². The summed E-state index contributed by atoms with van der Waals surface area (Å²) in [5.74, 6) is -0.0716. The summed E-state index contributed by atoms with van der Waals surface area (Å²) in [6, 6.07) is 7.38. The van der Waals surface area contributed by atoms with Crippen molar-refractivity contribution in [1.29, 1.82) is 0 Å². The minimum atomic E-state index is -0.0716. The summed E-state index contributed by atoms with van der Waals surface area (Å²) in [5, 5.41) is 3.77. The van der Waals surface area contributed by atoms with Crippen molar-refractivity contribution in [1.82, 2.24) is 10.2 Å². The van der Waals surface area contributed by atoms with Gasteiger partial charge in [-0.25, -0.2) is 4.39 Å². The summed E-state index contributed by atoms with van der Waals surface area (Å²) in [6.07, 6.45) is 6.35. The molecule has 1 saturated carbocycles. The van der Waals surface area contributed by atoms with Gasteiger partial charge in [-0.2, -0.15) is 0 Å². The van der Waals surface area contributed by atoms with E-state index in [2.05, 4.69) is 17.1 Å². The molecule has 0 bridgehead atoms. The fraction of sp³-hybridized carbons (Fsp3) is 0.647. The van der Waals surface area contributed by atoms with E-state index in [-0.39, 0.29) is 17.4 Å². The third kappa shape index (κ3) is 2.75. The summed E-state index contributed by atoms with van der Waals surface area (Å²) in [6.45, 7) is 5.36. The van der Waals surface area contributed by atoms with Gasteiger partial charge in [-0.05, 0) is 38.8 Å². The van der Waals surface area contributed by atoms with Gasteiger partial charge in [-0.1, -0.05) is 31.0 Å². The second kappa shape index (κ2) is 5.82. The van der Waals surface area contributed by atoms with Crippen LogP contribution in [0, 0.1) is 5.82 Å². The molecule has 2 fully saturated rings. The Morgan fingerprint density at radius 3 is 2.70 bits per heavy atom. The van der Waals surface area contributed by atoms with Crippen LogP contribution in [0.4, 0.5) is 4.39 Å². The molecule has 3 heteroatoms. The second-order valence-electron chi connectivity index (χ2n) is 6.44. The molecule has 1 heterocycles. The number of hydrogen-bond acceptors (Lipinski definition) is 2. The zero-order valence-corrected chi connectivity index (χ0v) is 12.4. The van der Waals surface area contributed by atoms with Crippen LogP contribution in [0.3, 0.4) is 0 Å². The molecule has 1 aliphatic heterocycles. The number of rotatable bonds is 2. The van der Waals surface area contributed by atoms with Gasteiger partial charge >= 0.3 is 0 Å². The maximum Gasteiger partial charge on any atom is 0.127 e. The van der Waals surface area contributed by atoms with Gasteiger partial charge in [0, 0.05) is 30.2 Å². The van der Waals surface area contributed by atoms with Gasteiger partial charge in [0.15, 0.2) is 0 Å². The van der Waals surface area contributed by atoms with Crippen molar-refractivity contribution in [2.45, 2.75) is 50.6 Å². The molecule has 0 radical (unpaired) electrons.